The van der Waals surface area contributed by atoms with Crippen LogP contribution in [0.5, 0.6) is 0 Å². The molecule has 5 heteroatoms. The fraction of sp³-hybridized carbons (Fsp3) is 0.222. The van der Waals surface area contributed by atoms with Crippen LogP contribution in [-0.4, -0.2) is 21.4 Å². The molecule has 1 unspecified atom stereocenters. The van der Waals surface area contributed by atoms with Gasteiger partial charge in [0.05, 0.1) is 12.1 Å². The van der Waals surface area contributed by atoms with Crippen molar-refractivity contribution in [2.24, 2.45) is 5.16 Å². The van der Waals surface area contributed by atoms with Gasteiger partial charge in [-0.3, -0.25) is 0 Å². The van der Waals surface area contributed by atoms with E-state index < -0.39 is 6.04 Å². The normalized spacial score (nSPS) is 12.7. The summed E-state index contributed by atoms with van der Waals surface area (Å²) in [5, 5.41) is 25.9. The Morgan fingerprint density at radius 2 is 1.74 bits per heavy atom. The van der Waals surface area contributed by atoms with Crippen LogP contribution in [0.15, 0.2) is 59.8 Å². The summed E-state index contributed by atoms with van der Waals surface area (Å²) in [4.78, 5) is 0. The highest BCUT2D eigenvalue weighted by Crippen LogP contribution is 2.25. The Labute approximate surface area is 140 Å². The quantitative estimate of drug-likeness (QED) is 0.285. The number of benzene rings is 2. The molecule has 0 saturated carbocycles. The molecule has 23 heavy (non-hydrogen) atoms. The fourth-order valence-electron chi connectivity index (χ4n) is 2.36. The first-order valence-electron chi connectivity index (χ1n) is 7.31. The van der Waals surface area contributed by atoms with Gasteiger partial charge in [0, 0.05) is 24.4 Å². The molecule has 0 amide bonds. The predicted molar refractivity (Wildman–Crippen MR) is 93.6 cm³/mol. The molecule has 0 fully saturated rings. The van der Waals surface area contributed by atoms with Gasteiger partial charge in [0.2, 0.25) is 0 Å². The molecule has 0 heterocycles. The van der Waals surface area contributed by atoms with Gasteiger partial charge in [-0.1, -0.05) is 59.2 Å². The van der Waals surface area contributed by atoms with E-state index in [0.717, 1.165) is 15.9 Å². The maximum Gasteiger partial charge on any atom is 0.194 e. The summed E-state index contributed by atoms with van der Waals surface area (Å²) in [5.74, 6) is 0. The minimum absolute atomic E-state index is 0.289. The van der Waals surface area contributed by atoms with Crippen LogP contribution in [0.4, 0.5) is 0 Å². The molecule has 1 atom stereocenters. The van der Waals surface area contributed by atoms with Crippen LogP contribution in [0.25, 0.3) is 0 Å². The van der Waals surface area contributed by atoms with Crippen molar-refractivity contribution in [3.8, 4) is 0 Å². The molecule has 2 aromatic rings. The second-order valence-corrected chi connectivity index (χ2v) is 5.89. The van der Waals surface area contributed by atoms with E-state index in [1.807, 2.05) is 42.5 Å². The molecular formula is C18H19ClN2O2. The smallest absolute Gasteiger partial charge is 0.194 e. The Morgan fingerprint density at radius 3 is 2.26 bits per heavy atom. The van der Waals surface area contributed by atoms with Crippen molar-refractivity contribution in [2.45, 2.75) is 26.3 Å². The van der Waals surface area contributed by atoms with Crippen LogP contribution >= 0.6 is 11.6 Å². The van der Waals surface area contributed by atoms with E-state index in [4.69, 9.17) is 11.6 Å². The maximum absolute atomic E-state index is 12.5. The van der Waals surface area contributed by atoms with Crippen LogP contribution in [0.1, 0.15) is 37.4 Å². The zero-order valence-corrected chi connectivity index (χ0v) is 13.9. The standard InChI is InChI=1S/C18H19ClN2O2/c1-13(2)21(23)18(15-8-10-16(19)11-9-15)12-17(20-22)14-6-4-3-5-7-14/h3-11,18,22H,12H2,1-2H3/b20-17+. The SMILES string of the molecule is CC(C)=[N+]([O-])C(C/C(=N\O)c1ccccc1)c1ccc(Cl)cc1. The Morgan fingerprint density at radius 1 is 1.13 bits per heavy atom. The minimum atomic E-state index is -0.483. The summed E-state index contributed by atoms with van der Waals surface area (Å²) < 4.78 is 0.942. The second-order valence-electron chi connectivity index (χ2n) is 5.46. The van der Waals surface area contributed by atoms with Gasteiger partial charge in [0.15, 0.2) is 11.8 Å². The summed E-state index contributed by atoms with van der Waals surface area (Å²) >= 11 is 5.93. The molecule has 0 spiro atoms. The van der Waals surface area contributed by atoms with E-state index in [1.165, 1.54) is 0 Å². The number of oxime groups is 1. The van der Waals surface area contributed by atoms with E-state index >= 15 is 0 Å². The lowest BCUT2D eigenvalue weighted by molar-refractivity contribution is -0.507. The highest BCUT2D eigenvalue weighted by Gasteiger charge is 2.24. The second kappa shape index (κ2) is 7.79. The average molecular weight is 331 g/mol. The molecule has 0 radical (unpaired) electrons. The summed E-state index contributed by atoms with van der Waals surface area (Å²) in [6.07, 6.45) is 0.289. The van der Waals surface area contributed by atoms with E-state index in [1.54, 1.807) is 26.0 Å². The third kappa shape index (κ3) is 4.33. The Bertz CT molecular complexity index is 706. The van der Waals surface area contributed by atoms with Gasteiger partial charge in [-0.05, 0) is 17.7 Å². The number of nitrogens with zero attached hydrogens (tertiary/aromatic N) is 2. The minimum Gasteiger partial charge on any atom is -0.623 e. The van der Waals surface area contributed by atoms with Crippen LogP contribution in [0, 0.1) is 5.21 Å². The van der Waals surface area contributed by atoms with Crippen LogP contribution in [0.2, 0.25) is 5.02 Å². The molecular weight excluding hydrogens is 312 g/mol. The van der Waals surface area contributed by atoms with Crippen molar-refractivity contribution in [3.05, 3.63) is 76.0 Å². The van der Waals surface area contributed by atoms with Crippen molar-refractivity contribution < 1.29 is 9.95 Å². The summed E-state index contributed by atoms with van der Waals surface area (Å²) in [5.41, 5.74) is 2.71. The Hall–Kier alpha value is -2.33. The number of hydrogen-bond acceptors (Lipinski definition) is 3. The van der Waals surface area contributed by atoms with Crippen molar-refractivity contribution in [2.75, 3.05) is 0 Å². The van der Waals surface area contributed by atoms with Gasteiger partial charge in [-0.25, -0.2) is 4.74 Å². The predicted octanol–water partition coefficient (Wildman–Crippen LogP) is 4.64. The van der Waals surface area contributed by atoms with Crippen LogP contribution in [-0.2, 0) is 0 Å². The van der Waals surface area contributed by atoms with Crippen molar-refractivity contribution in [1.29, 1.82) is 0 Å². The van der Waals surface area contributed by atoms with E-state index in [-0.39, 0.29) is 6.42 Å². The van der Waals surface area contributed by atoms with E-state index in [2.05, 4.69) is 5.16 Å². The van der Waals surface area contributed by atoms with Crippen molar-refractivity contribution in [3.63, 3.8) is 0 Å². The van der Waals surface area contributed by atoms with Gasteiger partial charge in [0.1, 0.15) is 0 Å². The molecule has 4 nitrogen and oxygen atoms in total. The largest absolute Gasteiger partial charge is 0.623 e. The van der Waals surface area contributed by atoms with Gasteiger partial charge in [-0.2, -0.15) is 0 Å². The van der Waals surface area contributed by atoms with Gasteiger partial charge >= 0.3 is 0 Å². The van der Waals surface area contributed by atoms with Gasteiger partial charge in [-0.15, -0.1) is 0 Å². The monoisotopic (exact) mass is 330 g/mol. The molecule has 1 N–H and O–H groups in total. The number of rotatable bonds is 5. The molecule has 0 bridgehead atoms. The molecule has 2 aromatic carbocycles. The highest BCUT2D eigenvalue weighted by atomic mass is 35.5. The number of hydrogen-bond donors (Lipinski definition) is 1. The first-order valence-corrected chi connectivity index (χ1v) is 7.69. The van der Waals surface area contributed by atoms with Crippen molar-refractivity contribution in [1.82, 2.24) is 0 Å². The van der Waals surface area contributed by atoms with Gasteiger partial charge in [0.25, 0.3) is 0 Å². The van der Waals surface area contributed by atoms with Crippen LogP contribution < -0.4 is 0 Å². The Balaban J connectivity index is 2.39. The lowest BCUT2D eigenvalue weighted by Crippen LogP contribution is -2.21. The van der Waals surface area contributed by atoms with Crippen LogP contribution in [0.3, 0.4) is 0 Å². The summed E-state index contributed by atoms with van der Waals surface area (Å²) in [6.45, 7) is 3.52. The highest BCUT2D eigenvalue weighted by molar-refractivity contribution is 6.30. The molecule has 120 valence electrons. The third-order valence-corrected chi connectivity index (χ3v) is 3.85. The lowest BCUT2D eigenvalue weighted by Gasteiger charge is -2.19. The third-order valence-electron chi connectivity index (χ3n) is 3.59. The molecule has 0 aliphatic heterocycles. The first kappa shape index (κ1) is 17.0. The topological polar surface area (TPSA) is 58.7 Å². The Kier molecular flexibility index (Phi) is 5.77. The summed E-state index contributed by atoms with van der Waals surface area (Å²) in [6, 6.07) is 16.0. The number of halogens is 1. The maximum atomic E-state index is 12.5. The van der Waals surface area contributed by atoms with Crippen molar-refractivity contribution >= 4 is 23.0 Å². The zero-order valence-electron chi connectivity index (χ0n) is 13.1. The average Bonchev–Trinajstić information content (AvgIpc) is 2.57. The van der Waals surface area contributed by atoms with E-state index in [0.29, 0.717) is 16.4 Å². The molecule has 0 aliphatic rings. The van der Waals surface area contributed by atoms with Gasteiger partial charge < -0.3 is 10.4 Å². The van der Waals surface area contributed by atoms with E-state index in [9.17, 15) is 10.4 Å². The molecule has 2 rings (SSSR count). The molecule has 0 aromatic heterocycles. The fourth-order valence-corrected chi connectivity index (χ4v) is 2.49. The lowest BCUT2D eigenvalue weighted by atomic mass is 9.97. The zero-order chi connectivity index (χ0) is 16.8. The number of hydroxylamine groups is 1. The summed E-state index contributed by atoms with van der Waals surface area (Å²) in [7, 11) is 0. The first-order chi connectivity index (χ1) is 11.0. The molecule has 0 aliphatic carbocycles. The molecule has 0 saturated heterocycles.